The molecule has 0 spiro atoms. The minimum absolute atomic E-state index is 0.380. The largest absolute Gasteiger partial charge is 0.316 e. The highest BCUT2D eigenvalue weighted by Crippen LogP contribution is 2.27. The lowest BCUT2D eigenvalue weighted by molar-refractivity contribution is 0.632. The van der Waals surface area contributed by atoms with Gasteiger partial charge in [-0.3, -0.25) is 0 Å². The molecule has 2 aromatic heterocycles. The molecule has 1 aliphatic heterocycles. The molecule has 1 fully saturated rings. The zero-order valence-corrected chi connectivity index (χ0v) is 11.1. The first-order chi connectivity index (χ1) is 9.35. The minimum Gasteiger partial charge on any atom is -0.316 e. The molecule has 3 rings (SSSR count). The highest BCUT2D eigenvalue weighted by Gasteiger charge is 2.18. The molecular formula is C13H13N5S. The number of nitriles is 1. The van der Waals surface area contributed by atoms with E-state index in [0.29, 0.717) is 17.4 Å². The van der Waals surface area contributed by atoms with Crippen molar-refractivity contribution >= 4 is 22.3 Å². The van der Waals surface area contributed by atoms with Crippen LogP contribution in [0.4, 0.5) is 10.9 Å². The first-order valence-corrected chi connectivity index (χ1v) is 7.05. The van der Waals surface area contributed by atoms with Gasteiger partial charge >= 0.3 is 0 Å². The topological polar surface area (TPSA) is 73.6 Å². The third kappa shape index (κ3) is 2.72. The quantitative estimate of drug-likeness (QED) is 0.897. The number of rotatable bonds is 3. The van der Waals surface area contributed by atoms with Crippen molar-refractivity contribution in [1.29, 1.82) is 5.26 Å². The van der Waals surface area contributed by atoms with Gasteiger partial charge in [-0.05, 0) is 31.5 Å². The van der Waals surface area contributed by atoms with Gasteiger partial charge in [0.1, 0.15) is 5.82 Å². The highest BCUT2D eigenvalue weighted by molar-refractivity contribution is 7.13. The zero-order valence-electron chi connectivity index (χ0n) is 10.3. The SMILES string of the molecule is N#Cc1ccnc(Nc2nc([C@H]3CCCN3)cs2)c1. The summed E-state index contributed by atoms with van der Waals surface area (Å²) in [7, 11) is 0. The average molecular weight is 271 g/mol. The van der Waals surface area contributed by atoms with E-state index in [1.54, 1.807) is 29.7 Å². The lowest BCUT2D eigenvalue weighted by Gasteiger charge is -2.05. The lowest BCUT2D eigenvalue weighted by Crippen LogP contribution is -2.13. The summed E-state index contributed by atoms with van der Waals surface area (Å²) in [5, 5.41) is 18.3. The van der Waals surface area contributed by atoms with Gasteiger partial charge in [0, 0.05) is 11.6 Å². The summed E-state index contributed by atoms with van der Waals surface area (Å²) in [5.41, 5.74) is 1.67. The summed E-state index contributed by atoms with van der Waals surface area (Å²) in [6.45, 7) is 1.07. The van der Waals surface area contributed by atoms with Crippen molar-refractivity contribution < 1.29 is 0 Å². The van der Waals surface area contributed by atoms with E-state index in [4.69, 9.17) is 5.26 Å². The number of nitrogens with one attached hydrogen (secondary N) is 2. The van der Waals surface area contributed by atoms with Gasteiger partial charge in [0.25, 0.3) is 0 Å². The van der Waals surface area contributed by atoms with Gasteiger partial charge in [-0.1, -0.05) is 0 Å². The van der Waals surface area contributed by atoms with E-state index in [1.807, 2.05) is 0 Å². The molecule has 6 heteroatoms. The molecule has 2 N–H and O–H groups in total. The predicted octanol–water partition coefficient (Wildman–Crippen LogP) is 2.58. The Hall–Kier alpha value is -1.97. The molecule has 1 saturated heterocycles. The number of anilines is 2. The number of nitrogens with zero attached hydrogens (tertiary/aromatic N) is 3. The second kappa shape index (κ2) is 5.34. The van der Waals surface area contributed by atoms with Gasteiger partial charge in [0.05, 0.1) is 23.4 Å². The predicted molar refractivity (Wildman–Crippen MR) is 74.3 cm³/mol. The second-order valence-corrected chi connectivity index (χ2v) is 5.25. The fourth-order valence-corrected chi connectivity index (χ4v) is 2.89. The summed E-state index contributed by atoms with van der Waals surface area (Å²) in [4.78, 5) is 8.74. The van der Waals surface area contributed by atoms with Crippen LogP contribution in [0.25, 0.3) is 0 Å². The van der Waals surface area contributed by atoms with Crippen LogP contribution in [0, 0.1) is 11.3 Å². The van der Waals surface area contributed by atoms with E-state index in [9.17, 15) is 0 Å². The smallest absolute Gasteiger partial charge is 0.188 e. The maximum absolute atomic E-state index is 8.85. The Morgan fingerprint density at radius 3 is 3.26 bits per heavy atom. The molecule has 0 saturated carbocycles. The molecule has 0 bridgehead atoms. The minimum atomic E-state index is 0.380. The Kier molecular flexibility index (Phi) is 3.40. The highest BCUT2D eigenvalue weighted by atomic mass is 32.1. The molecule has 3 heterocycles. The average Bonchev–Trinajstić information content (AvgIpc) is 3.09. The Morgan fingerprint density at radius 1 is 1.53 bits per heavy atom. The van der Waals surface area contributed by atoms with Crippen LogP contribution in [0.15, 0.2) is 23.7 Å². The third-order valence-electron chi connectivity index (χ3n) is 3.06. The van der Waals surface area contributed by atoms with Crippen LogP contribution >= 0.6 is 11.3 Å². The fraction of sp³-hybridized carbons (Fsp3) is 0.308. The van der Waals surface area contributed by atoms with Crippen molar-refractivity contribution in [3.63, 3.8) is 0 Å². The van der Waals surface area contributed by atoms with Gasteiger partial charge in [0.15, 0.2) is 5.13 Å². The van der Waals surface area contributed by atoms with Gasteiger partial charge in [-0.2, -0.15) is 5.26 Å². The van der Waals surface area contributed by atoms with Crippen LogP contribution in [0.2, 0.25) is 0 Å². The molecule has 0 aliphatic carbocycles. The molecule has 0 unspecified atom stereocenters. The van der Waals surface area contributed by atoms with Gasteiger partial charge in [0.2, 0.25) is 0 Å². The summed E-state index contributed by atoms with van der Waals surface area (Å²) in [6.07, 6.45) is 3.97. The van der Waals surface area contributed by atoms with Crippen LogP contribution in [0.1, 0.15) is 30.1 Å². The van der Waals surface area contributed by atoms with Gasteiger partial charge < -0.3 is 10.6 Å². The van der Waals surface area contributed by atoms with E-state index in [2.05, 4.69) is 32.1 Å². The molecular weight excluding hydrogens is 258 g/mol. The molecule has 5 nitrogen and oxygen atoms in total. The van der Waals surface area contributed by atoms with Crippen LogP contribution in [-0.2, 0) is 0 Å². The maximum Gasteiger partial charge on any atom is 0.188 e. The molecule has 1 aliphatic rings. The van der Waals surface area contributed by atoms with Crippen LogP contribution in [0.3, 0.4) is 0 Å². The van der Waals surface area contributed by atoms with Crippen molar-refractivity contribution in [3.8, 4) is 6.07 Å². The molecule has 0 aromatic carbocycles. The summed E-state index contributed by atoms with van der Waals surface area (Å²) in [5.74, 6) is 0.652. The third-order valence-corrected chi connectivity index (χ3v) is 3.84. The van der Waals surface area contributed by atoms with Crippen molar-refractivity contribution in [2.45, 2.75) is 18.9 Å². The summed E-state index contributed by atoms with van der Waals surface area (Å²) < 4.78 is 0. The first kappa shape index (κ1) is 12.1. The molecule has 0 amide bonds. The van der Waals surface area contributed by atoms with E-state index >= 15 is 0 Å². The molecule has 96 valence electrons. The molecule has 0 radical (unpaired) electrons. The fourth-order valence-electron chi connectivity index (χ4n) is 2.12. The van der Waals surface area contributed by atoms with Crippen LogP contribution in [0.5, 0.6) is 0 Å². The van der Waals surface area contributed by atoms with Crippen molar-refractivity contribution in [3.05, 3.63) is 35.0 Å². The van der Waals surface area contributed by atoms with E-state index in [1.165, 1.54) is 6.42 Å². The van der Waals surface area contributed by atoms with E-state index in [-0.39, 0.29) is 0 Å². The molecule has 1 atom stereocenters. The standard InChI is InChI=1S/C13H13N5S/c14-7-9-3-5-16-12(6-9)18-13-17-11(8-19-13)10-2-1-4-15-10/h3,5-6,8,10,15H,1-2,4H2,(H,16,17,18)/t10-/m1/s1. The lowest BCUT2D eigenvalue weighted by atomic mass is 10.2. The Bertz CT molecular complexity index is 609. The first-order valence-electron chi connectivity index (χ1n) is 6.17. The second-order valence-electron chi connectivity index (χ2n) is 4.39. The van der Waals surface area contributed by atoms with Crippen molar-refractivity contribution in [2.75, 3.05) is 11.9 Å². The van der Waals surface area contributed by atoms with Crippen LogP contribution < -0.4 is 10.6 Å². The van der Waals surface area contributed by atoms with E-state index < -0.39 is 0 Å². The molecule has 2 aromatic rings. The monoisotopic (exact) mass is 271 g/mol. The Morgan fingerprint density at radius 2 is 2.47 bits per heavy atom. The summed E-state index contributed by atoms with van der Waals surface area (Å²) >= 11 is 1.56. The van der Waals surface area contributed by atoms with Gasteiger partial charge in [-0.25, -0.2) is 9.97 Å². The number of hydrogen-bond donors (Lipinski definition) is 2. The van der Waals surface area contributed by atoms with E-state index in [0.717, 1.165) is 23.8 Å². The summed E-state index contributed by atoms with van der Waals surface area (Å²) in [6, 6.07) is 5.87. The number of thiazole rings is 1. The number of aromatic nitrogens is 2. The number of pyridine rings is 1. The van der Waals surface area contributed by atoms with Gasteiger partial charge in [-0.15, -0.1) is 11.3 Å². The van der Waals surface area contributed by atoms with Crippen molar-refractivity contribution in [2.24, 2.45) is 0 Å². The molecule has 19 heavy (non-hydrogen) atoms. The maximum atomic E-state index is 8.85. The Labute approximate surface area is 115 Å². The van der Waals surface area contributed by atoms with Crippen LogP contribution in [-0.4, -0.2) is 16.5 Å². The number of hydrogen-bond acceptors (Lipinski definition) is 6. The normalized spacial score (nSPS) is 18.2. The Balaban J connectivity index is 1.74. The zero-order chi connectivity index (χ0) is 13.1. The van der Waals surface area contributed by atoms with Crippen molar-refractivity contribution in [1.82, 2.24) is 15.3 Å².